The van der Waals surface area contributed by atoms with E-state index < -0.39 is 18.1 Å². The number of pyridine rings is 1. The highest BCUT2D eigenvalue weighted by atomic mass is 35.5. The molecule has 0 amide bonds. The first-order valence-electron chi connectivity index (χ1n) is 4.29. The molecule has 0 atom stereocenters. The lowest BCUT2D eigenvalue weighted by Crippen LogP contribution is -2.10. The number of rotatable bonds is 4. The Morgan fingerprint density at radius 3 is 2.69 bits per heavy atom. The molecular weight excluding hydrogens is 242 g/mol. The molecule has 0 saturated carbocycles. The van der Waals surface area contributed by atoms with E-state index >= 15 is 0 Å². The molecule has 0 aliphatic heterocycles. The fraction of sp³-hybridized carbons (Fsp3) is 0.333. The van der Waals surface area contributed by atoms with Gasteiger partial charge in [-0.05, 0) is 6.07 Å². The van der Waals surface area contributed by atoms with E-state index in [0.717, 1.165) is 6.07 Å². The molecule has 1 heterocycles. The maximum Gasteiger partial charge on any atom is 0.307 e. The maximum atomic E-state index is 12.4. The van der Waals surface area contributed by atoms with Crippen molar-refractivity contribution >= 4 is 23.3 Å². The predicted octanol–water partition coefficient (Wildman–Crippen LogP) is 1.97. The van der Waals surface area contributed by atoms with Crippen LogP contribution in [-0.4, -0.2) is 16.1 Å². The van der Waals surface area contributed by atoms with Gasteiger partial charge in [0.05, 0.1) is 18.0 Å². The standard InChI is InChI=1S/C9H9ClF2N2O2/c10-3-7-4(1-8(15)16)5(13)2-6(14-7)9(11)12/h2,9H,1,3H2,(H2,13,14)(H,15,16). The van der Waals surface area contributed by atoms with Crippen LogP contribution in [0.15, 0.2) is 6.07 Å². The zero-order valence-corrected chi connectivity index (χ0v) is 8.84. The van der Waals surface area contributed by atoms with Gasteiger partial charge in [0.1, 0.15) is 5.69 Å². The zero-order chi connectivity index (χ0) is 12.3. The Morgan fingerprint density at radius 1 is 1.62 bits per heavy atom. The number of nitrogen functional groups attached to an aromatic ring is 1. The van der Waals surface area contributed by atoms with E-state index in [1.54, 1.807) is 0 Å². The van der Waals surface area contributed by atoms with E-state index in [4.69, 9.17) is 22.4 Å². The molecule has 0 fully saturated rings. The minimum atomic E-state index is -2.76. The summed E-state index contributed by atoms with van der Waals surface area (Å²) in [5.41, 5.74) is 5.24. The van der Waals surface area contributed by atoms with Crippen LogP contribution in [0.4, 0.5) is 14.5 Å². The molecule has 88 valence electrons. The molecule has 0 saturated heterocycles. The van der Waals surface area contributed by atoms with Crippen LogP contribution in [0, 0.1) is 0 Å². The molecule has 0 aliphatic carbocycles. The average Bonchev–Trinajstić information content (AvgIpc) is 2.19. The fourth-order valence-electron chi connectivity index (χ4n) is 1.25. The van der Waals surface area contributed by atoms with Crippen molar-refractivity contribution in [3.8, 4) is 0 Å². The summed E-state index contributed by atoms with van der Waals surface area (Å²) < 4.78 is 24.8. The quantitative estimate of drug-likeness (QED) is 0.801. The number of hydrogen-bond donors (Lipinski definition) is 2. The Balaban J connectivity index is 3.22. The summed E-state index contributed by atoms with van der Waals surface area (Å²) >= 11 is 5.51. The van der Waals surface area contributed by atoms with Crippen molar-refractivity contribution in [2.75, 3.05) is 5.73 Å². The average molecular weight is 251 g/mol. The molecule has 0 aromatic carbocycles. The van der Waals surface area contributed by atoms with E-state index in [-0.39, 0.29) is 29.2 Å². The number of carboxylic acid groups (broad SMARTS) is 1. The zero-order valence-electron chi connectivity index (χ0n) is 8.08. The number of carbonyl (C=O) groups is 1. The van der Waals surface area contributed by atoms with E-state index in [2.05, 4.69) is 4.98 Å². The summed E-state index contributed by atoms with van der Waals surface area (Å²) in [6, 6.07) is 0.971. The van der Waals surface area contributed by atoms with Crippen LogP contribution in [0.5, 0.6) is 0 Å². The van der Waals surface area contributed by atoms with Gasteiger partial charge in [-0.25, -0.2) is 8.78 Å². The van der Waals surface area contributed by atoms with Crippen LogP contribution in [-0.2, 0) is 17.1 Å². The number of aromatic nitrogens is 1. The minimum Gasteiger partial charge on any atom is -0.481 e. The summed E-state index contributed by atoms with van der Waals surface area (Å²) in [5.74, 6) is -1.28. The normalized spacial score (nSPS) is 10.8. The van der Waals surface area contributed by atoms with Gasteiger partial charge in [0.25, 0.3) is 6.43 Å². The number of carboxylic acids is 1. The largest absolute Gasteiger partial charge is 0.481 e. The molecule has 0 aliphatic rings. The van der Waals surface area contributed by atoms with Crippen LogP contribution in [0.1, 0.15) is 23.4 Å². The first kappa shape index (κ1) is 12.6. The van der Waals surface area contributed by atoms with E-state index in [1.165, 1.54) is 0 Å². The van der Waals surface area contributed by atoms with Gasteiger partial charge in [0, 0.05) is 11.3 Å². The lowest BCUT2D eigenvalue weighted by molar-refractivity contribution is -0.136. The second kappa shape index (κ2) is 5.07. The Labute approximate surface area is 95.0 Å². The smallest absolute Gasteiger partial charge is 0.307 e. The van der Waals surface area contributed by atoms with E-state index in [9.17, 15) is 13.6 Å². The molecule has 0 bridgehead atoms. The number of anilines is 1. The molecule has 1 rings (SSSR count). The van der Waals surface area contributed by atoms with Gasteiger partial charge in [-0.3, -0.25) is 9.78 Å². The second-order valence-electron chi connectivity index (χ2n) is 3.07. The molecular formula is C9H9ClF2N2O2. The van der Waals surface area contributed by atoms with Crippen LogP contribution in [0.2, 0.25) is 0 Å². The van der Waals surface area contributed by atoms with Gasteiger partial charge >= 0.3 is 5.97 Å². The van der Waals surface area contributed by atoms with Gasteiger partial charge in [-0.1, -0.05) is 0 Å². The Bertz CT molecular complexity index is 413. The van der Waals surface area contributed by atoms with E-state index in [1.807, 2.05) is 0 Å². The summed E-state index contributed by atoms with van der Waals surface area (Å²) in [6.45, 7) is 0. The third-order valence-corrected chi connectivity index (χ3v) is 2.20. The van der Waals surface area contributed by atoms with Gasteiger partial charge < -0.3 is 10.8 Å². The lowest BCUT2D eigenvalue weighted by atomic mass is 10.1. The Kier molecular flexibility index (Phi) is 4.00. The van der Waals surface area contributed by atoms with Crippen molar-refractivity contribution in [2.24, 2.45) is 0 Å². The molecule has 1 aromatic heterocycles. The molecule has 1 aromatic rings. The molecule has 7 heteroatoms. The molecule has 3 N–H and O–H groups in total. The molecule has 16 heavy (non-hydrogen) atoms. The summed E-state index contributed by atoms with van der Waals surface area (Å²) in [7, 11) is 0. The first-order valence-corrected chi connectivity index (χ1v) is 4.83. The van der Waals surface area contributed by atoms with Gasteiger partial charge in [0.15, 0.2) is 0 Å². The van der Waals surface area contributed by atoms with Crippen molar-refractivity contribution in [1.29, 1.82) is 0 Å². The van der Waals surface area contributed by atoms with Crippen LogP contribution in [0.3, 0.4) is 0 Å². The minimum absolute atomic E-state index is 0.0247. The highest BCUT2D eigenvalue weighted by Gasteiger charge is 2.17. The monoisotopic (exact) mass is 250 g/mol. The lowest BCUT2D eigenvalue weighted by Gasteiger charge is -2.10. The van der Waals surface area contributed by atoms with Crippen LogP contribution >= 0.6 is 11.6 Å². The van der Waals surface area contributed by atoms with Crippen LogP contribution < -0.4 is 5.73 Å². The third kappa shape index (κ3) is 2.79. The molecule has 4 nitrogen and oxygen atoms in total. The Hall–Kier alpha value is -1.43. The van der Waals surface area contributed by atoms with E-state index in [0.29, 0.717) is 0 Å². The number of halogens is 3. The molecule has 0 radical (unpaired) electrons. The predicted molar refractivity (Wildman–Crippen MR) is 54.5 cm³/mol. The van der Waals surface area contributed by atoms with Gasteiger partial charge in [0.2, 0.25) is 0 Å². The number of aliphatic carboxylic acids is 1. The number of alkyl halides is 3. The summed E-state index contributed by atoms with van der Waals surface area (Å²) in [4.78, 5) is 14.1. The van der Waals surface area contributed by atoms with Crippen molar-refractivity contribution < 1.29 is 18.7 Å². The second-order valence-corrected chi connectivity index (χ2v) is 3.33. The Morgan fingerprint density at radius 2 is 2.25 bits per heavy atom. The topological polar surface area (TPSA) is 76.2 Å². The SMILES string of the molecule is Nc1cc(C(F)F)nc(CCl)c1CC(=O)O. The van der Waals surface area contributed by atoms with Gasteiger partial charge in [-0.2, -0.15) is 0 Å². The summed E-state index contributed by atoms with van der Waals surface area (Å²) in [6.07, 6.45) is -3.15. The van der Waals surface area contributed by atoms with Crippen LogP contribution in [0.25, 0.3) is 0 Å². The van der Waals surface area contributed by atoms with Crippen molar-refractivity contribution in [3.05, 3.63) is 23.0 Å². The summed E-state index contributed by atoms with van der Waals surface area (Å²) in [5, 5.41) is 8.62. The third-order valence-electron chi connectivity index (χ3n) is 1.94. The number of nitrogens with zero attached hydrogens (tertiary/aromatic N) is 1. The highest BCUT2D eigenvalue weighted by Crippen LogP contribution is 2.25. The highest BCUT2D eigenvalue weighted by molar-refractivity contribution is 6.17. The van der Waals surface area contributed by atoms with Crippen molar-refractivity contribution in [2.45, 2.75) is 18.7 Å². The van der Waals surface area contributed by atoms with Gasteiger partial charge in [-0.15, -0.1) is 11.6 Å². The first-order chi connectivity index (χ1) is 7.45. The van der Waals surface area contributed by atoms with Crippen molar-refractivity contribution in [1.82, 2.24) is 4.98 Å². The van der Waals surface area contributed by atoms with Crippen molar-refractivity contribution in [3.63, 3.8) is 0 Å². The maximum absolute atomic E-state index is 12.4. The molecule has 0 unspecified atom stereocenters. The number of nitrogens with two attached hydrogens (primary N) is 1. The fourth-order valence-corrected chi connectivity index (χ4v) is 1.47. The molecule has 0 spiro atoms. The number of hydrogen-bond acceptors (Lipinski definition) is 3.